The molecule has 10 heteroatoms. The minimum absolute atomic E-state index is 0.0383. The van der Waals surface area contributed by atoms with Gasteiger partial charge in [-0.3, -0.25) is 4.79 Å². The van der Waals surface area contributed by atoms with E-state index < -0.39 is 0 Å². The van der Waals surface area contributed by atoms with Gasteiger partial charge in [0, 0.05) is 34.9 Å². The number of hydrogen-bond acceptors (Lipinski definition) is 7. The van der Waals surface area contributed by atoms with E-state index in [0.717, 1.165) is 36.8 Å². The summed E-state index contributed by atoms with van der Waals surface area (Å²) in [6.45, 7) is 1.67. The Morgan fingerprint density at radius 3 is 2.60 bits per heavy atom. The first-order valence-electron chi connectivity index (χ1n) is 11.3. The minimum atomic E-state index is -0.0383. The molecule has 1 aliphatic rings. The van der Waals surface area contributed by atoms with Crippen molar-refractivity contribution in [1.82, 2.24) is 15.2 Å². The predicted octanol–water partition coefficient (Wildman–Crippen LogP) is 5.75. The molecule has 8 nitrogen and oxygen atoms in total. The Morgan fingerprint density at radius 1 is 1.03 bits per heavy atom. The van der Waals surface area contributed by atoms with Gasteiger partial charge in [-0.25, -0.2) is 4.98 Å². The monoisotopic (exact) mass is 511 g/mol. The highest BCUT2D eigenvalue weighted by atomic mass is 35.5. The summed E-state index contributed by atoms with van der Waals surface area (Å²) >= 11 is 11.9. The Morgan fingerprint density at radius 2 is 1.80 bits per heavy atom. The summed E-state index contributed by atoms with van der Waals surface area (Å²) in [6, 6.07) is 16.7. The van der Waals surface area contributed by atoms with Crippen LogP contribution >= 0.6 is 23.2 Å². The predicted molar refractivity (Wildman–Crippen MR) is 135 cm³/mol. The van der Waals surface area contributed by atoms with Crippen molar-refractivity contribution in [2.24, 2.45) is 5.92 Å². The SMILES string of the molecule is O=C(CC1CCN(c2nnc(COc3ccc(Cl)cc3)o2)CC1)Nc1ccc2cc(Cl)ccc2n1. The molecule has 1 fully saturated rings. The second kappa shape index (κ2) is 10.5. The van der Waals surface area contributed by atoms with E-state index in [1.165, 1.54) is 0 Å². The van der Waals surface area contributed by atoms with Crippen LogP contribution in [0.5, 0.6) is 5.75 Å². The molecule has 1 amide bonds. The van der Waals surface area contributed by atoms with Gasteiger partial charge >= 0.3 is 6.01 Å². The van der Waals surface area contributed by atoms with Crippen molar-refractivity contribution in [3.63, 3.8) is 0 Å². The number of amides is 1. The number of ether oxygens (including phenoxy) is 1. The maximum absolute atomic E-state index is 12.6. The summed E-state index contributed by atoms with van der Waals surface area (Å²) in [6.07, 6.45) is 2.16. The first kappa shape index (κ1) is 23.4. The van der Waals surface area contributed by atoms with Crippen LogP contribution < -0.4 is 15.0 Å². The number of pyridine rings is 1. The number of carbonyl (C=O) groups excluding carboxylic acids is 1. The Labute approximate surface area is 212 Å². The average Bonchev–Trinajstić information content (AvgIpc) is 3.33. The molecule has 1 saturated heterocycles. The molecule has 0 saturated carbocycles. The number of fused-ring (bicyclic) bond motifs is 1. The molecular weight excluding hydrogens is 489 g/mol. The van der Waals surface area contributed by atoms with Gasteiger partial charge in [-0.05, 0) is 73.4 Å². The maximum Gasteiger partial charge on any atom is 0.318 e. The third-order valence-electron chi connectivity index (χ3n) is 5.91. The fourth-order valence-electron chi connectivity index (χ4n) is 4.06. The van der Waals surface area contributed by atoms with Crippen molar-refractivity contribution in [2.75, 3.05) is 23.3 Å². The Kier molecular flexibility index (Phi) is 7.01. The van der Waals surface area contributed by atoms with Gasteiger partial charge in [0.2, 0.25) is 5.91 Å². The molecule has 0 bridgehead atoms. The zero-order valence-electron chi connectivity index (χ0n) is 18.8. The lowest BCUT2D eigenvalue weighted by Crippen LogP contribution is -2.35. The smallest absolute Gasteiger partial charge is 0.318 e. The molecule has 0 atom stereocenters. The highest BCUT2D eigenvalue weighted by Gasteiger charge is 2.25. The van der Waals surface area contributed by atoms with Crippen LogP contribution in [0, 0.1) is 5.92 Å². The van der Waals surface area contributed by atoms with Crippen molar-refractivity contribution in [1.29, 1.82) is 0 Å². The van der Waals surface area contributed by atoms with Gasteiger partial charge in [-0.15, -0.1) is 5.10 Å². The van der Waals surface area contributed by atoms with Gasteiger partial charge in [0.05, 0.1) is 5.52 Å². The number of aromatic nitrogens is 3. The van der Waals surface area contributed by atoms with Crippen molar-refractivity contribution >= 4 is 51.8 Å². The zero-order valence-corrected chi connectivity index (χ0v) is 20.3. The number of rotatable bonds is 7. The molecule has 0 unspecified atom stereocenters. The topological polar surface area (TPSA) is 93.4 Å². The molecular formula is C25H23Cl2N5O3. The standard InChI is InChI=1S/C25H23Cl2N5O3/c26-18-2-5-20(6-3-18)34-15-24-30-31-25(35-24)32-11-9-16(10-12-32)13-23(33)29-22-8-1-17-14-19(27)4-7-21(17)28-22/h1-8,14,16H,9-13,15H2,(H,28,29,33). The molecule has 4 aromatic rings. The second-order valence-electron chi connectivity index (χ2n) is 8.44. The third-order valence-corrected chi connectivity index (χ3v) is 6.40. The number of anilines is 2. The van der Waals surface area contributed by atoms with Crippen molar-refractivity contribution in [2.45, 2.75) is 25.9 Å². The number of nitrogens with one attached hydrogen (secondary N) is 1. The quantitative estimate of drug-likeness (QED) is 0.337. The highest BCUT2D eigenvalue weighted by molar-refractivity contribution is 6.31. The Balaban J connectivity index is 1.09. The maximum atomic E-state index is 12.6. The molecule has 1 aliphatic heterocycles. The Hall–Kier alpha value is -3.36. The molecule has 2 aromatic heterocycles. The van der Waals surface area contributed by atoms with E-state index in [9.17, 15) is 4.79 Å². The number of halogens is 2. The van der Waals surface area contributed by atoms with Crippen molar-refractivity contribution in [3.8, 4) is 5.75 Å². The van der Waals surface area contributed by atoms with E-state index in [1.54, 1.807) is 36.4 Å². The fourth-order valence-corrected chi connectivity index (χ4v) is 4.36. The van der Waals surface area contributed by atoms with Gasteiger partial charge in [-0.2, -0.15) is 0 Å². The summed E-state index contributed by atoms with van der Waals surface area (Å²) < 4.78 is 11.4. The van der Waals surface area contributed by atoms with E-state index >= 15 is 0 Å². The van der Waals surface area contributed by atoms with Crippen LogP contribution in [0.4, 0.5) is 11.8 Å². The summed E-state index contributed by atoms with van der Waals surface area (Å²) in [5.74, 6) is 1.87. The van der Waals surface area contributed by atoms with Crippen LogP contribution in [-0.4, -0.2) is 34.2 Å². The van der Waals surface area contributed by atoms with Gasteiger partial charge in [-0.1, -0.05) is 28.3 Å². The van der Waals surface area contributed by atoms with E-state index in [-0.39, 0.29) is 18.4 Å². The third kappa shape index (κ3) is 6.01. The van der Waals surface area contributed by atoms with Crippen LogP contribution in [0.2, 0.25) is 10.0 Å². The van der Waals surface area contributed by atoms with Crippen molar-refractivity contribution < 1.29 is 13.9 Å². The first-order valence-corrected chi connectivity index (χ1v) is 12.1. The summed E-state index contributed by atoms with van der Waals surface area (Å²) in [4.78, 5) is 19.1. The summed E-state index contributed by atoms with van der Waals surface area (Å²) in [5.41, 5.74) is 0.790. The molecule has 2 aromatic carbocycles. The number of nitrogens with zero attached hydrogens (tertiary/aromatic N) is 4. The Bertz CT molecular complexity index is 1320. The molecule has 1 N–H and O–H groups in total. The van der Waals surface area contributed by atoms with Crippen LogP contribution in [0.3, 0.4) is 0 Å². The van der Waals surface area contributed by atoms with E-state index in [2.05, 4.69) is 20.5 Å². The molecule has 35 heavy (non-hydrogen) atoms. The number of hydrogen-bond donors (Lipinski definition) is 1. The first-order chi connectivity index (χ1) is 17.0. The molecule has 0 aliphatic carbocycles. The lowest BCUT2D eigenvalue weighted by Gasteiger charge is -2.30. The van der Waals surface area contributed by atoms with E-state index in [1.807, 2.05) is 23.1 Å². The van der Waals surface area contributed by atoms with Crippen LogP contribution in [0.15, 0.2) is 59.0 Å². The van der Waals surface area contributed by atoms with Crippen molar-refractivity contribution in [3.05, 3.63) is 70.5 Å². The molecule has 0 spiro atoms. The fraction of sp³-hybridized carbons (Fsp3) is 0.280. The number of piperidine rings is 1. The molecule has 5 rings (SSSR count). The molecule has 0 radical (unpaired) electrons. The van der Waals surface area contributed by atoms with Gasteiger partial charge in [0.25, 0.3) is 5.89 Å². The van der Waals surface area contributed by atoms with Crippen LogP contribution in [0.1, 0.15) is 25.2 Å². The normalized spacial score (nSPS) is 14.3. The lowest BCUT2D eigenvalue weighted by atomic mass is 9.93. The number of carbonyl (C=O) groups is 1. The van der Waals surface area contributed by atoms with Gasteiger partial charge in [0.15, 0.2) is 6.61 Å². The second-order valence-corrected chi connectivity index (χ2v) is 9.31. The zero-order chi connectivity index (χ0) is 24.2. The summed E-state index contributed by atoms with van der Waals surface area (Å²) in [7, 11) is 0. The van der Waals surface area contributed by atoms with Gasteiger partial charge < -0.3 is 19.4 Å². The molecule has 3 heterocycles. The van der Waals surface area contributed by atoms with Crippen LogP contribution in [0.25, 0.3) is 10.9 Å². The van der Waals surface area contributed by atoms with Gasteiger partial charge in [0.1, 0.15) is 11.6 Å². The lowest BCUT2D eigenvalue weighted by molar-refractivity contribution is -0.117. The number of benzene rings is 2. The van der Waals surface area contributed by atoms with Crippen LogP contribution in [-0.2, 0) is 11.4 Å². The minimum Gasteiger partial charge on any atom is -0.484 e. The average molecular weight is 512 g/mol. The summed E-state index contributed by atoms with van der Waals surface area (Å²) in [5, 5.41) is 13.4. The highest BCUT2D eigenvalue weighted by Crippen LogP contribution is 2.26. The van der Waals surface area contributed by atoms with E-state index in [0.29, 0.717) is 39.9 Å². The molecule has 180 valence electrons. The largest absolute Gasteiger partial charge is 0.484 e. The van der Waals surface area contributed by atoms with E-state index in [4.69, 9.17) is 32.4 Å².